The molecule has 90 valence electrons. The van der Waals surface area contributed by atoms with E-state index in [1.165, 1.54) is 19.1 Å². The molecule has 1 aromatic carbocycles. The van der Waals surface area contributed by atoms with E-state index in [9.17, 15) is 21.6 Å². The summed E-state index contributed by atoms with van der Waals surface area (Å²) in [4.78, 5) is 0. The Morgan fingerprint density at radius 2 is 1.56 bits per heavy atom. The van der Waals surface area contributed by atoms with Gasteiger partial charge in [0.1, 0.15) is 0 Å². The maximum atomic E-state index is 12.2. The summed E-state index contributed by atoms with van der Waals surface area (Å²) in [5, 5.41) is -0.796. The van der Waals surface area contributed by atoms with Gasteiger partial charge < -0.3 is 0 Å². The van der Waals surface area contributed by atoms with E-state index in [1.54, 1.807) is 0 Å². The predicted octanol–water partition coefficient (Wildman–Crippen LogP) is 2.81. The van der Waals surface area contributed by atoms with Gasteiger partial charge in [0.05, 0.1) is 10.8 Å². The SMILES string of the molecule is C[C@H](c1ccc(C(F)(F)F)cc1)S(C)(=O)=O. The molecule has 0 spiro atoms. The van der Waals surface area contributed by atoms with E-state index >= 15 is 0 Å². The highest BCUT2D eigenvalue weighted by Gasteiger charge is 2.30. The summed E-state index contributed by atoms with van der Waals surface area (Å²) in [6.07, 6.45) is -3.35. The maximum Gasteiger partial charge on any atom is 0.416 e. The first-order valence-electron chi connectivity index (χ1n) is 4.48. The number of rotatable bonds is 2. The monoisotopic (exact) mass is 252 g/mol. The number of alkyl halides is 3. The van der Waals surface area contributed by atoms with Crippen LogP contribution < -0.4 is 0 Å². The molecule has 0 unspecified atom stereocenters. The van der Waals surface area contributed by atoms with Crippen LogP contribution in [0.25, 0.3) is 0 Å². The number of hydrogen-bond acceptors (Lipinski definition) is 2. The minimum atomic E-state index is -4.40. The first kappa shape index (κ1) is 13.0. The molecule has 0 bridgehead atoms. The highest BCUT2D eigenvalue weighted by molar-refractivity contribution is 7.90. The molecule has 0 radical (unpaired) electrons. The summed E-state index contributed by atoms with van der Waals surface area (Å²) < 4.78 is 59.1. The molecule has 0 aliphatic rings. The van der Waals surface area contributed by atoms with Crippen molar-refractivity contribution in [1.29, 1.82) is 0 Å². The fourth-order valence-corrected chi connectivity index (χ4v) is 1.84. The van der Waals surface area contributed by atoms with Crippen molar-refractivity contribution in [3.05, 3.63) is 35.4 Å². The van der Waals surface area contributed by atoms with Gasteiger partial charge in [-0.2, -0.15) is 13.2 Å². The highest BCUT2D eigenvalue weighted by atomic mass is 32.2. The molecule has 1 atom stereocenters. The molecular weight excluding hydrogens is 241 g/mol. The zero-order valence-corrected chi connectivity index (χ0v) is 9.56. The van der Waals surface area contributed by atoms with Crippen LogP contribution >= 0.6 is 0 Å². The molecule has 6 heteroatoms. The van der Waals surface area contributed by atoms with Gasteiger partial charge in [-0.25, -0.2) is 8.42 Å². The summed E-state index contributed by atoms with van der Waals surface area (Å²) in [6.45, 7) is 1.44. The zero-order chi connectivity index (χ0) is 12.6. The van der Waals surface area contributed by atoms with Crippen LogP contribution in [0.1, 0.15) is 23.3 Å². The van der Waals surface area contributed by atoms with Crippen molar-refractivity contribution < 1.29 is 21.6 Å². The van der Waals surface area contributed by atoms with E-state index in [1.807, 2.05) is 0 Å². The van der Waals surface area contributed by atoms with Crippen molar-refractivity contribution >= 4 is 9.84 Å². The average Bonchev–Trinajstić information content (AvgIpc) is 2.14. The van der Waals surface area contributed by atoms with Crippen LogP contribution in [0.3, 0.4) is 0 Å². The Balaban J connectivity index is 3.05. The first-order valence-corrected chi connectivity index (χ1v) is 6.44. The molecular formula is C10H11F3O2S. The summed E-state index contributed by atoms with van der Waals surface area (Å²) in [5.74, 6) is 0. The van der Waals surface area contributed by atoms with Crippen LogP contribution in [0, 0.1) is 0 Å². The van der Waals surface area contributed by atoms with Gasteiger partial charge in [-0.15, -0.1) is 0 Å². The smallest absolute Gasteiger partial charge is 0.229 e. The molecule has 0 heterocycles. The molecule has 0 N–H and O–H groups in total. The second-order valence-electron chi connectivity index (χ2n) is 3.59. The molecule has 16 heavy (non-hydrogen) atoms. The van der Waals surface area contributed by atoms with Crippen molar-refractivity contribution in [2.24, 2.45) is 0 Å². The van der Waals surface area contributed by atoms with E-state index in [0.29, 0.717) is 5.56 Å². The Morgan fingerprint density at radius 1 is 1.12 bits per heavy atom. The Bertz CT molecular complexity index is 460. The van der Waals surface area contributed by atoms with Crippen LogP contribution in [0.15, 0.2) is 24.3 Å². The third-order valence-electron chi connectivity index (χ3n) is 2.35. The lowest BCUT2D eigenvalue weighted by Gasteiger charge is -2.11. The normalized spacial score (nSPS) is 14.8. The quantitative estimate of drug-likeness (QED) is 0.811. The van der Waals surface area contributed by atoms with Crippen molar-refractivity contribution in [3.8, 4) is 0 Å². The molecule has 0 saturated carbocycles. The lowest BCUT2D eigenvalue weighted by Crippen LogP contribution is -2.09. The second kappa shape index (κ2) is 4.08. The van der Waals surface area contributed by atoms with Gasteiger partial charge in [0.25, 0.3) is 0 Å². The maximum absolute atomic E-state index is 12.2. The highest BCUT2D eigenvalue weighted by Crippen LogP contribution is 2.30. The van der Waals surface area contributed by atoms with Gasteiger partial charge in [0.15, 0.2) is 9.84 Å². The molecule has 0 fully saturated rings. The van der Waals surface area contributed by atoms with Crippen LogP contribution in [-0.4, -0.2) is 14.7 Å². The van der Waals surface area contributed by atoms with Crippen molar-refractivity contribution in [2.75, 3.05) is 6.26 Å². The van der Waals surface area contributed by atoms with Gasteiger partial charge in [-0.1, -0.05) is 12.1 Å². The number of benzene rings is 1. The van der Waals surface area contributed by atoms with Gasteiger partial charge in [0, 0.05) is 6.26 Å². The zero-order valence-electron chi connectivity index (χ0n) is 8.75. The van der Waals surface area contributed by atoms with E-state index in [0.717, 1.165) is 18.4 Å². The fourth-order valence-electron chi connectivity index (χ4n) is 1.19. The van der Waals surface area contributed by atoms with Crippen molar-refractivity contribution in [2.45, 2.75) is 18.3 Å². The Hall–Kier alpha value is -1.04. The number of sulfone groups is 1. The molecule has 0 amide bonds. The van der Waals surface area contributed by atoms with Crippen LogP contribution in [0.4, 0.5) is 13.2 Å². The molecule has 1 aromatic rings. The second-order valence-corrected chi connectivity index (χ2v) is 5.96. The summed E-state index contributed by atoms with van der Waals surface area (Å²) in [5.41, 5.74) is -0.424. The number of halogens is 3. The Morgan fingerprint density at radius 3 is 1.88 bits per heavy atom. The largest absolute Gasteiger partial charge is 0.416 e. The Kier molecular flexibility index (Phi) is 3.33. The molecule has 2 nitrogen and oxygen atoms in total. The van der Waals surface area contributed by atoms with Gasteiger partial charge in [0.2, 0.25) is 0 Å². The Labute approximate surface area is 92.0 Å². The summed E-state index contributed by atoms with van der Waals surface area (Å²) >= 11 is 0. The lowest BCUT2D eigenvalue weighted by molar-refractivity contribution is -0.137. The van der Waals surface area contributed by atoms with Crippen molar-refractivity contribution in [3.63, 3.8) is 0 Å². The van der Waals surface area contributed by atoms with Gasteiger partial charge in [-0.05, 0) is 24.6 Å². The third kappa shape index (κ3) is 2.98. The van der Waals surface area contributed by atoms with Gasteiger partial charge >= 0.3 is 6.18 Å². The van der Waals surface area contributed by atoms with Crippen LogP contribution in [0.2, 0.25) is 0 Å². The van der Waals surface area contributed by atoms with Crippen LogP contribution in [0.5, 0.6) is 0 Å². The molecule has 0 aromatic heterocycles. The fraction of sp³-hybridized carbons (Fsp3) is 0.400. The number of hydrogen-bond donors (Lipinski definition) is 0. The van der Waals surface area contributed by atoms with E-state index in [-0.39, 0.29) is 0 Å². The van der Waals surface area contributed by atoms with Crippen LogP contribution in [-0.2, 0) is 16.0 Å². The summed E-state index contributed by atoms with van der Waals surface area (Å²) in [6, 6.07) is 4.15. The van der Waals surface area contributed by atoms with Gasteiger partial charge in [-0.3, -0.25) is 0 Å². The summed E-state index contributed by atoms with van der Waals surface area (Å²) in [7, 11) is -3.29. The minimum Gasteiger partial charge on any atom is -0.229 e. The third-order valence-corrected chi connectivity index (χ3v) is 3.91. The standard InChI is InChI=1S/C10H11F3O2S/c1-7(16(2,14)15)8-3-5-9(6-4-8)10(11,12)13/h3-7H,1-2H3/t7-/m1/s1. The molecule has 0 aliphatic heterocycles. The molecule has 0 aliphatic carbocycles. The lowest BCUT2D eigenvalue weighted by atomic mass is 10.1. The average molecular weight is 252 g/mol. The minimum absolute atomic E-state index is 0.357. The molecule has 0 saturated heterocycles. The van der Waals surface area contributed by atoms with E-state index in [4.69, 9.17) is 0 Å². The predicted molar refractivity (Wildman–Crippen MR) is 54.7 cm³/mol. The molecule has 1 rings (SSSR count). The first-order chi connectivity index (χ1) is 7.12. The topological polar surface area (TPSA) is 34.1 Å². The van der Waals surface area contributed by atoms with E-state index < -0.39 is 26.8 Å². The van der Waals surface area contributed by atoms with E-state index in [2.05, 4.69) is 0 Å². The van der Waals surface area contributed by atoms with Crippen molar-refractivity contribution in [1.82, 2.24) is 0 Å².